The van der Waals surface area contributed by atoms with Gasteiger partial charge < -0.3 is 24.7 Å². The predicted octanol–water partition coefficient (Wildman–Crippen LogP) is 0.495. The molecule has 0 saturated carbocycles. The van der Waals surface area contributed by atoms with Gasteiger partial charge in [0, 0.05) is 20.8 Å². The topological polar surface area (TPSA) is 158 Å². The zero-order valence-electron chi connectivity index (χ0n) is 15.7. The Labute approximate surface area is 172 Å². The molecule has 0 amide bonds. The van der Waals surface area contributed by atoms with Crippen molar-refractivity contribution in [1.29, 1.82) is 0 Å². The number of ether oxygens (including phenoxy) is 4. The lowest BCUT2D eigenvalue weighted by Gasteiger charge is -2.24. The number of fused-ring (bicyclic) bond motifs is 1. The zero-order valence-corrected chi connectivity index (χ0v) is 17.3. The second kappa shape index (κ2) is 8.29. The van der Waals surface area contributed by atoms with Crippen LogP contribution in [0.15, 0.2) is 11.1 Å². The molecule has 0 aromatic carbocycles. The van der Waals surface area contributed by atoms with E-state index in [2.05, 4.69) is 30.9 Å². The van der Waals surface area contributed by atoms with Crippen molar-refractivity contribution in [1.82, 2.24) is 19.5 Å². The fraction of sp³-hybridized carbons (Fsp3) is 0.500. The van der Waals surface area contributed by atoms with Crippen molar-refractivity contribution in [2.75, 3.05) is 12.3 Å². The largest absolute Gasteiger partial charge is 0.463 e. The van der Waals surface area contributed by atoms with E-state index < -0.39 is 42.4 Å². The van der Waals surface area contributed by atoms with Crippen LogP contribution in [0.2, 0.25) is 0 Å². The SMILES string of the molecule is CC(=O)OC[C@H]1O[C@@H](n2c(Br)nc3c(N)ncnc32)C(OC(C)=O)C1OC(C)=O. The van der Waals surface area contributed by atoms with Crippen molar-refractivity contribution in [2.24, 2.45) is 0 Å². The van der Waals surface area contributed by atoms with Gasteiger partial charge in [-0.15, -0.1) is 0 Å². The van der Waals surface area contributed by atoms with Crippen molar-refractivity contribution < 1.29 is 33.3 Å². The summed E-state index contributed by atoms with van der Waals surface area (Å²) < 4.78 is 23.5. The lowest BCUT2D eigenvalue weighted by atomic mass is 10.1. The standard InChI is InChI=1S/C16H18BrN5O7/c1-6(23)26-4-9-11(27-7(2)24)12(28-8(3)25)15(29-9)22-14-10(21-16(22)17)13(18)19-5-20-14/h5,9,11-12,15H,4H2,1-3H3,(H2,18,19,20)/t9-,11?,12?,15-/m1/s1. The zero-order chi connectivity index (χ0) is 21.3. The van der Waals surface area contributed by atoms with Crippen LogP contribution in [0.25, 0.3) is 11.2 Å². The van der Waals surface area contributed by atoms with E-state index in [9.17, 15) is 14.4 Å². The molecule has 3 rings (SSSR count). The highest BCUT2D eigenvalue weighted by Gasteiger charge is 2.51. The van der Waals surface area contributed by atoms with Crippen LogP contribution in [0, 0.1) is 0 Å². The number of nitrogens with zero attached hydrogens (tertiary/aromatic N) is 4. The molecular weight excluding hydrogens is 454 g/mol. The normalized spacial score (nSPS) is 23.7. The van der Waals surface area contributed by atoms with Gasteiger partial charge in [-0.2, -0.15) is 0 Å². The summed E-state index contributed by atoms with van der Waals surface area (Å²) in [4.78, 5) is 47.0. The van der Waals surface area contributed by atoms with E-state index in [1.54, 1.807) is 0 Å². The number of nitrogen functional groups attached to an aromatic ring is 1. The maximum atomic E-state index is 11.7. The molecule has 29 heavy (non-hydrogen) atoms. The number of carbonyl (C=O) groups is 3. The molecule has 1 saturated heterocycles. The molecule has 0 bridgehead atoms. The minimum Gasteiger partial charge on any atom is -0.463 e. The summed E-state index contributed by atoms with van der Waals surface area (Å²) in [6.45, 7) is 3.43. The Morgan fingerprint density at radius 3 is 2.41 bits per heavy atom. The Morgan fingerprint density at radius 2 is 1.79 bits per heavy atom. The first-order valence-corrected chi connectivity index (χ1v) is 9.25. The van der Waals surface area contributed by atoms with E-state index in [4.69, 9.17) is 24.7 Å². The third-order valence-electron chi connectivity index (χ3n) is 4.06. The van der Waals surface area contributed by atoms with Crippen molar-refractivity contribution in [3.63, 3.8) is 0 Å². The van der Waals surface area contributed by atoms with Crippen LogP contribution < -0.4 is 5.73 Å². The third-order valence-corrected chi connectivity index (χ3v) is 4.62. The van der Waals surface area contributed by atoms with Gasteiger partial charge in [-0.05, 0) is 15.9 Å². The first kappa shape index (κ1) is 20.9. The van der Waals surface area contributed by atoms with E-state index in [0.717, 1.165) is 0 Å². The highest BCUT2D eigenvalue weighted by atomic mass is 79.9. The van der Waals surface area contributed by atoms with E-state index in [1.165, 1.54) is 31.7 Å². The molecule has 2 aromatic rings. The number of hydrogen-bond donors (Lipinski definition) is 1. The number of carbonyl (C=O) groups excluding carboxylic acids is 3. The van der Waals surface area contributed by atoms with Crippen molar-refractivity contribution in [2.45, 2.75) is 45.3 Å². The van der Waals surface area contributed by atoms with Gasteiger partial charge in [0.25, 0.3) is 0 Å². The molecule has 3 heterocycles. The summed E-state index contributed by atoms with van der Waals surface area (Å²) in [7, 11) is 0. The average molecular weight is 472 g/mol. The number of rotatable bonds is 5. The number of aromatic nitrogens is 4. The summed E-state index contributed by atoms with van der Waals surface area (Å²) >= 11 is 3.32. The molecule has 12 nitrogen and oxygen atoms in total. The molecule has 4 atom stereocenters. The highest BCUT2D eigenvalue weighted by molar-refractivity contribution is 9.10. The van der Waals surface area contributed by atoms with Gasteiger partial charge in [0.1, 0.15) is 19.0 Å². The maximum absolute atomic E-state index is 11.7. The van der Waals surface area contributed by atoms with Crippen LogP contribution in [0.4, 0.5) is 5.82 Å². The summed E-state index contributed by atoms with van der Waals surface area (Å²) in [6.07, 6.45) is -2.76. The van der Waals surface area contributed by atoms with Gasteiger partial charge in [-0.25, -0.2) is 15.0 Å². The van der Waals surface area contributed by atoms with E-state index >= 15 is 0 Å². The quantitative estimate of drug-likeness (QED) is 0.367. The molecule has 0 radical (unpaired) electrons. The number of nitrogens with two attached hydrogens (primary N) is 1. The van der Waals surface area contributed by atoms with E-state index in [1.807, 2.05) is 0 Å². The molecule has 2 aromatic heterocycles. The summed E-state index contributed by atoms with van der Waals surface area (Å²) in [5.41, 5.74) is 6.46. The van der Waals surface area contributed by atoms with Crippen LogP contribution in [-0.4, -0.2) is 62.3 Å². The van der Waals surface area contributed by atoms with E-state index in [-0.39, 0.29) is 17.2 Å². The van der Waals surface area contributed by atoms with Gasteiger partial charge in [0.2, 0.25) is 0 Å². The Hall–Kier alpha value is -2.80. The highest BCUT2D eigenvalue weighted by Crippen LogP contribution is 2.38. The van der Waals surface area contributed by atoms with Gasteiger partial charge >= 0.3 is 17.9 Å². The summed E-state index contributed by atoms with van der Waals surface area (Å²) in [6, 6.07) is 0. The number of imidazole rings is 1. The average Bonchev–Trinajstić information content (AvgIpc) is 3.11. The second-order valence-electron chi connectivity index (χ2n) is 6.20. The van der Waals surface area contributed by atoms with Gasteiger partial charge in [0.15, 0.2) is 40.2 Å². The van der Waals surface area contributed by atoms with Crippen LogP contribution in [0.5, 0.6) is 0 Å². The summed E-state index contributed by atoms with van der Waals surface area (Å²) in [5, 5.41) is 0. The first-order chi connectivity index (χ1) is 13.7. The van der Waals surface area contributed by atoms with Crippen molar-refractivity contribution in [3.8, 4) is 0 Å². The Kier molecular flexibility index (Phi) is 5.98. The molecular formula is C16H18BrN5O7. The fourth-order valence-corrected chi connectivity index (χ4v) is 3.57. The number of anilines is 1. The smallest absolute Gasteiger partial charge is 0.303 e. The molecule has 2 N–H and O–H groups in total. The predicted molar refractivity (Wildman–Crippen MR) is 99.1 cm³/mol. The molecule has 1 aliphatic heterocycles. The van der Waals surface area contributed by atoms with Crippen LogP contribution >= 0.6 is 15.9 Å². The lowest BCUT2D eigenvalue weighted by molar-refractivity contribution is -0.166. The molecule has 0 spiro atoms. The van der Waals surface area contributed by atoms with Crippen LogP contribution in [0.3, 0.4) is 0 Å². The Bertz CT molecular complexity index is 965. The lowest BCUT2D eigenvalue weighted by Crippen LogP contribution is -2.40. The summed E-state index contributed by atoms with van der Waals surface area (Å²) in [5.74, 6) is -1.64. The van der Waals surface area contributed by atoms with E-state index in [0.29, 0.717) is 11.2 Å². The Morgan fingerprint density at radius 1 is 1.14 bits per heavy atom. The van der Waals surface area contributed by atoms with Crippen molar-refractivity contribution >= 4 is 50.8 Å². The fourth-order valence-electron chi connectivity index (χ4n) is 3.03. The monoisotopic (exact) mass is 471 g/mol. The number of halogens is 1. The Balaban J connectivity index is 2.07. The maximum Gasteiger partial charge on any atom is 0.303 e. The minimum absolute atomic E-state index is 0.143. The number of esters is 3. The first-order valence-electron chi connectivity index (χ1n) is 8.46. The van der Waals surface area contributed by atoms with Crippen LogP contribution in [-0.2, 0) is 33.3 Å². The minimum atomic E-state index is -1.07. The van der Waals surface area contributed by atoms with Crippen molar-refractivity contribution in [3.05, 3.63) is 11.1 Å². The second-order valence-corrected chi connectivity index (χ2v) is 6.91. The molecule has 2 unspecified atom stereocenters. The van der Waals surface area contributed by atoms with Crippen LogP contribution in [0.1, 0.15) is 27.0 Å². The third kappa shape index (κ3) is 4.29. The molecule has 1 aliphatic rings. The molecule has 0 aliphatic carbocycles. The molecule has 156 valence electrons. The van der Waals surface area contributed by atoms with Gasteiger partial charge in [-0.3, -0.25) is 19.0 Å². The van der Waals surface area contributed by atoms with Gasteiger partial charge in [0.05, 0.1) is 0 Å². The van der Waals surface area contributed by atoms with Gasteiger partial charge in [-0.1, -0.05) is 0 Å². The molecule has 1 fully saturated rings. The molecule has 13 heteroatoms. The number of hydrogen-bond acceptors (Lipinski definition) is 11.